The topological polar surface area (TPSA) is 336 Å². The van der Waals surface area contributed by atoms with Gasteiger partial charge < -0.3 is 92.1 Å². The smallest absolute Gasteiger partial charge is 0.260 e. The second-order valence-corrected chi connectivity index (χ2v) is 28.1. The molecule has 4 aromatic rings. The summed E-state index contributed by atoms with van der Waals surface area (Å²) in [5.41, 5.74) is 6.57. The van der Waals surface area contributed by atoms with E-state index >= 15 is 0 Å². The number of aliphatic imine (C=N–C) groups is 2. The number of benzene rings is 4. The Labute approximate surface area is 668 Å². The van der Waals surface area contributed by atoms with Gasteiger partial charge in [0, 0.05) is 107 Å². The third-order valence-electron chi connectivity index (χ3n) is 19.8. The van der Waals surface area contributed by atoms with Gasteiger partial charge in [0.1, 0.15) is 11.8 Å². The maximum atomic E-state index is 14.2. The number of Topliss-reactive ketones (excluding diaryl/α,β-unsaturated/α-hetero) is 1. The Morgan fingerprint density at radius 3 is 1.61 bits per heavy atom. The van der Waals surface area contributed by atoms with Crippen LogP contribution in [0.25, 0.3) is 11.1 Å². The molecule has 3 N–H and O–H groups in total. The highest BCUT2D eigenvalue weighted by atomic mass is 16.7. The molecule has 6 aliphatic heterocycles. The molecule has 0 spiro atoms. The van der Waals surface area contributed by atoms with E-state index < -0.39 is 29.7 Å². The Hall–Kier alpha value is -10.7. The van der Waals surface area contributed by atoms with E-state index in [-0.39, 0.29) is 119 Å². The summed E-state index contributed by atoms with van der Waals surface area (Å²) in [7, 11) is 3.02. The molecule has 115 heavy (non-hydrogen) atoms. The van der Waals surface area contributed by atoms with E-state index in [4.69, 9.17) is 76.3 Å². The zero-order chi connectivity index (χ0) is 80.8. The largest absolute Gasteiger partial charge is 0.493 e. The Morgan fingerprint density at radius 1 is 0.539 bits per heavy atom. The van der Waals surface area contributed by atoms with Gasteiger partial charge in [-0.25, -0.2) is 0 Å². The minimum atomic E-state index is -0.907. The summed E-state index contributed by atoms with van der Waals surface area (Å²) in [6, 6.07) is 18.1. The number of fused-ring (bicyclic) bond motifs is 5. The predicted molar refractivity (Wildman–Crippen MR) is 425 cm³/mol. The predicted octanol–water partition coefficient (Wildman–Crippen LogP) is 8.91. The summed E-state index contributed by atoms with van der Waals surface area (Å²) in [6.45, 7) is 12.0. The first-order valence-corrected chi connectivity index (χ1v) is 39.0. The monoisotopic (exact) mass is 1590 g/mol. The number of rotatable bonds is 48. The van der Waals surface area contributed by atoms with E-state index in [1.54, 1.807) is 65.6 Å². The van der Waals surface area contributed by atoms with Crippen molar-refractivity contribution >= 4 is 87.8 Å². The van der Waals surface area contributed by atoms with Crippen molar-refractivity contribution in [3.63, 3.8) is 0 Å². The number of ether oxygens (including phenoxy) is 14. The molecule has 1 saturated heterocycles. The second-order valence-electron chi connectivity index (χ2n) is 28.1. The zero-order valence-corrected chi connectivity index (χ0v) is 65.7. The van der Waals surface area contributed by atoms with Crippen LogP contribution in [0.1, 0.15) is 97.6 Å². The Balaban J connectivity index is 0.482. The Kier molecular flexibility index (Phi) is 32.4. The van der Waals surface area contributed by atoms with Crippen LogP contribution in [0.5, 0.6) is 34.5 Å². The number of carbonyl (C=O) groups is 8. The Morgan fingerprint density at radius 2 is 1.05 bits per heavy atom. The van der Waals surface area contributed by atoms with Crippen molar-refractivity contribution in [3.8, 4) is 34.5 Å². The van der Waals surface area contributed by atoms with Gasteiger partial charge in [0.15, 0.2) is 34.5 Å². The van der Waals surface area contributed by atoms with Gasteiger partial charge in [-0.2, -0.15) is 0 Å². The number of amides is 7. The molecule has 7 aliphatic rings. The number of nitrogens with zero attached hydrogens (tertiary/aromatic N) is 5. The molecular formula is C85H102N8O22. The molecule has 11 rings (SSSR count). The normalized spacial score (nSPS) is 18.9. The number of ketones is 1. The lowest BCUT2D eigenvalue weighted by atomic mass is 9.89. The molecule has 7 amide bonds. The van der Waals surface area contributed by atoms with Gasteiger partial charge >= 0.3 is 0 Å². The van der Waals surface area contributed by atoms with Crippen LogP contribution in [0.4, 0.5) is 17.1 Å². The molecule has 614 valence electrons. The van der Waals surface area contributed by atoms with Crippen molar-refractivity contribution in [3.05, 3.63) is 149 Å². The molecule has 1 fully saturated rings. The minimum Gasteiger partial charge on any atom is -0.493 e. The first kappa shape index (κ1) is 85.2. The van der Waals surface area contributed by atoms with E-state index in [1.807, 2.05) is 99.1 Å². The lowest BCUT2D eigenvalue weighted by Crippen LogP contribution is -2.45. The maximum Gasteiger partial charge on any atom is 0.260 e. The molecular weight excluding hydrogens is 1480 g/mol. The van der Waals surface area contributed by atoms with Crippen molar-refractivity contribution in [1.82, 2.24) is 25.3 Å². The quantitative estimate of drug-likeness (QED) is 0.0274. The molecule has 0 aromatic heterocycles. The molecule has 30 nitrogen and oxygen atoms in total. The van der Waals surface area contributed by atoms with E-state index in [1.165, 1.54) is 19.1 Å². The minimum absolute atomic E-state index is 0.00374. The number of methoxy groups -OCH3 is 2. The zero-order valence-electron chi connectivity index (χ0n) is 65.7. The first-order valence-electron chi connectivity index (χ1n) is 39.0. The molecule has 0 radical (unpaired) electrons. The SMILES string of the molecule is COc1cc2c(cc1OCCCOc1cc3c(cc1OC)C(=O)N1C=C(c4ccc5c(c4)OCO5)C[C@H]1C=N3)N=C[C@@H]1CC(c3ccc(NC(=O)[C@H](C)NC(=O)C(CC(=O)CCOCCOCCOCCOCCOCCOCCOCCOCCNC(=O)CCN4C(=O)CC(C5=C/C=C\C=C/C=C\5)C4=O)C(C)C)cc3)=CN1C2=O. The molecule has 6 heterocycles. The highest BCUT2D eigenvalue weighted by Crippen LogP contribution is 2.44. The molecule has 4 aromatic carbocycles. The summed E-state index contributed by atoms with van der Waals surface area (Å²) in [6.07, 6.45) is 21.9. The summed E-state index contributed by atoms with van der Waals surface area (Å²) in [5.74, 6) is -0.707. The fraction of sp³-hybridized carbons (Fsp3) is 0.459. The van der Waals surface area contributed by atoms with Gasteiger partial charge in [0.05, 0.1) is 174 Å². The van der Waals surface area contributed by atoms with Gasteiger partial charge in [-0.05, 0) is 77.1 Å². The van der Waals surface area contributed by atoms with E-state index in [2.05, 4.69) is 16.0 Å². The average Bonchev–Trinajstić information content (AvgIpc) is 1.65. The lowest BCUT2D eigenvalue weighted by Gasteiger charge is -2.22. The number of hydrogen-bond donors (Lipinski definition) is 3. The van der Waals surface area contributed by atoms with E-state index in [0.29, 0.717) is 181 Å². The molecule has 2 unspecified atom stereocenters. The average molecular weight is 1590 g/mol. The van der Waals surface area contributed by atoms with Crippen LogP contribution in [0.2, 0.25) is 0 Å². The van der Waals surface area contributed by atoms with Crippen molar-refractivity contribution in [2.75, 3.05) is 158 Å². The third-order valence-corrected chi connectivity index (χ3v) is 19.8. The number of hydrogen-bond acceptors (Lipinski definition) is 24. The number of imide groups is 1. The van der Waals surface area contributed by atoms with E-state index in [0.717, 1.165) is 27.8 Å². The highest BCUT2D eigenvalue weighted by molar-refractivity contribution is 6.08. The number of likely N-dealkylation sites (tertiary alicyclic amines) is 1. The standard InChI is InChI=1S/C85H102N8O22/c1-56(2)67(45-66(94)21-26-104-28-30-106-32-34-108-36-38-110-40-41-111-39-37-109-35-33-107-31-29-105-27-22-86-79(95)20-23-91-80(96)48-68(83(91)99)59-12-9-7-6-8-10-13-59)82(98)89-57(3)81(97)90-63-17-14-58(15-18-63)61-42-64-51-87-71-49-77(74(102-4)46-69(71)84(100)92(64)53-61)112-24-11-25-113-78-50-72-70(47-75(78)103-5)85(101)93-54-62(43-65(93)52-88-72)60-16-19-73-76(44-60)115-55-114-73/h6-10,12-19,44,46-47,49-54,56-57,64-65,67-68H,11,20-43,45,48,55H2,1-5H3,(H,86,95)(H,89,98)(H,90,97)/b7-6-,8-6?,9-7?,10-8-,12-9-,13-10?,59-12?,59-13+/t57-,64-,65-,67?,68?/m0/s1. The van der Waals surface area contributed by atoms with Gasteiger partial charge in [-0.3, -0.25) is 53.2 Å². The number of nitrogens with one attached hydrogen (secondary N) is 3. The van der Waals surface area contributed by atoms with Crippen LogP contribution in [0.15, 0.2) is 137 Å². The molecule has 0 bridgehead atoms. The van der Waals surface area contributed by atoms with Crippen molar-refractivity contribution in [1.29, 1.82) is 0 Å². The molecule has 5 atom stereocenters. The second kappa shape index (κ2) is 43.7. The highest BCUT2D eigenvalue weighted by Gasteiger charge is 2.41. The van der Waals surface area contributed by atoms with Crippen molar-refractivity contribution in [2.24, 2.45) is 27.7 Å². The maximum absolute atomic E-state index is 14.2. The van der Waals surface area contributed by atoms with E-state index in [9.17, 15) is 38.4 Å². The van der Waals surface area contributed by atoms with Crippen LogP contribution >= 0.6 is 0 Å². The van der Waals surface area contributed by atoms with Crippen LogP contribution in [0, 0.1) is 17.8 Å². The first-order chi connectivity index (χ1) is 56.0. The third kappa shape index (κ3) is 24.2. The fourth-order valence-electron chi connectivity index (χ4n) is 13.4. The summed E-state index contributed by atoms with van der Waals surface area (Å²) < 4.78 is 79.3. The number of allylic oxidation sites excluding steroid dienone is 7. The van der Waals surface area contributed by atoms with Crippen molar-refractivity contribution in [2.45, 2.75) is 83.8 Å². The van der Waals surface area contributed by atoms with Crippen LogP contribution in [-0.4, -0.2) is 245 Å². The summed E-state index contributed by atoms with van der Waals surface area (Å²) in [5, 5.41) is 8.42. The van der Waals surface area contributed by atoms with Gasteiger partial charge in [0.2, 0.25) is 36.3 Å². The van der Waals surface area contributed by atoms with Gasteiger partial charge in [-0.1, -0.05) is 74.6 Å². The van der Waals surface area contributed by atoms with Gasteiger partial charge in [0.25, 0.3) is 11.8 Å². The number of carbonyl (C=O) groups excluding carboxylic acids is 8. The van der Waals surface area contributed by atoms with Crippen molar-refractivity contribution < 1.29 is 105 Å². The van der Waals surface area contributed by atoms with Crippen LogP contribution < -0.4 is 44.4 Å². The van der Waals surface area contributed by atoms with Gasteiger partial charge in [-0.15, -0.1) is 0 Å². The Bertz CT molecular complexity index is 4340. The lowest BCUT2D eigenvalue weighted by molar-refractivity contribution is -0.139. The molecule has 1 aliphatic carbocycles. The molecule has 0 saturated carbocycles. The van der Waals surface area contributed by atoms with Crippen LogP contribution in [-0.2, 0) is 66.7 Å². The summed E-state index contributed by atoms with van der Waals surface area (Å²) >= 11 is 0. The van der Waals surface area contributed by atoms with Crippen LogP contribution in [0.3, 0.4) is 0 Å². The molecule has 30 heteroatoms. The fourth-order valence-corrected chi connectivity index (χ4v) is 13.4. The number of anilines is 1. The summed E-state index contributed by atoms with van der Waals surface area (Å²) in [4.78, 5) is 120.